The Balaban J connectivity index is 2.27. The highest BCUT2D eigenvalue weighted by Gasteiger charge is 2.43. The summed E-state index contributed by atoms with van der Waals surface area (Å²) in [7, 11) is 0. The van der Waals surface area contributed by atoms with E-state index >= 15 is 0 Å². The van der Waals surface area contributed by atoms with Gasteiger partial charge in [0.15, 0.2) is 0 Å². The number of carbonyl (C=O) groups is 1. The number of nitrogens with zero attached hydrogens (tertiary/aromatic N) is 2. The maximum absolute atomic E-state index is 11.6. The summed E-state index contributed by atoms with van der Waals surface area (Å²) >= 11 is 0. The second kappa shape index (κ2) is 5.06. The van der Waals surface area contributed by atoms with Crippen LogP contribution in [0.2, 0.25) is 0 Å². The molecule has 98 valence electrons. The van der Waals surface area contributed by atoms with Gasteiger partial charge in [0.1, 0.15) is 5.54 Å². The van der Waals surface area contributed by atoms with Crippen LogP contribution in [0, 0.1) is 0 Å². The number of carboxylic acids is 1. The van der Waals surface area contributed by atoms with Crippen molar-refractivity contribution >= 4 is 5.97 Å². The number of pyridine rings is 1. The van der Waals surface area contributed by atoms with E-state index < -0.39 is 11.5 Å². The van der Waals surface area contributed by atoms with Crippen molar-refractivity contribution < 1.29 is 9.90 Å². The number of rotatable bonds is 3. The molecule has 2 unspecified atom stereocenters. The van der Waals surface area contributed by atoms with Crippen LogP contribution in [0.3, 0.4) is 0 Å². The predicted octanol–water partition coefficient (Wildman–Crippen LogP) is 2.47. The fourth-order valence-electron chi connectivity index (χ4n) is 2.80. The average Bonchev–Trinajstić information content (AvgIpc) is 2.39. The molecule has 0 amide bonds. The second-order valence-electron chi connectivity index (χ2n) is 5.19. The first-order valence-electron chi connectivity index (χ1n) is 6.46. The SMILES string of the molecule is CC(c1cccnc1)N1CCCCC1(C)C(=O)O. The van der Waals surface area contributed by atoms with Crippen molar-refractivity contribution in [1.29, 1.82) is 0 Å². The summed E-state index contributed by atoms with van der Waals surface area (Å²) in [5.41, 5.74) is 0.319. The Morgan fingerprint density at radius 1 is 1.56 bits per heavy atom. The van der Waals surface area contributed by atoms with Crippen LogP contribution in [-0.4, -0.2) is 33.0 Å². The number of aliphatic carboxylic acids is 1. The first-order chi connectivity index (χ1) is 8.55. The predicted molar refractivity (Wildman–Crippen MR) is 69.2 cm³/mol. The molecule has 4 heteroatoms. The lowest BCUT2D eigenvalue weighted by Gasteiger charge is -2.45. The maximum atomic E-state index is 11.6. The van der Waals surface area contributed by atoms with Crippen LogP contribution in [0.5, 0.6) is 0 Å². The molecule has 2 heterocycles. The van der Waals surface area contributed by atoms with Crippen LogP contribution in [0.15, 0.2) is 24.5 Å². The van der Waals surface area contributed by atoms with E-state index in [9.17, 15) is 9.90 Å². The molecule has 1 saturated heterocycles. The second-order valence-corrected chi connectivity index (χ2v) is 5.19. The zero-order chi connectivity index (χ0) is 13.2. The van der Waals surface area contributed by atoms with Crippen LogP contribution in [0.1, 0.15) is 44.7 Å². The van der Waals surface area contributed by atoms with Crippen molar-refractivity contribution in [2.75, 3.05) is 6.54 Å². The molecule has 4 nitrogen and oxygen atoms in total. The van der Waals surface area contributed by atoms with E-state index in [4.69, 9.17) is 0 Å². The van der Waals surface area contributed by atoms with E-state index in [0.29, 0.717) is 6.42 Å². The standard InChI is InChI=1S/C14H20N2O2/c1-11(12-6-5-8-15-10-12)16-9-4-3-7-14(16,2)13(17)18/h5-6,8,10-11H,3-4,7,9H2,1-2H3,(H,17,18). The fraction of sp³-hybridized carbons (Fsp3) is 0.571. The molecule has 0 saturated carbocycles. The summed E-state index contributed by atoms with van der Waals surface area (Å²) < 4.78 is 0. The number of carboxylic acid groups (broad SMARTS) is 1. The van der Waals surface area contributed by atoms with E-state index in [2.05, 4.69) is 16.8 Å². The van der Waals surface area contributed by atoms with Gasteiger partial charge in [-0.15, -0.1) is 0 Å². The topological polar surface area (TPSA) is 53.4 Å². The zero-order valence-electron chi connectivity index (χ0n) is 11.0. The number of likely N-dealkylation sites (tertiary alicyclic amines) is 1. The summed E-state index contributed by atoms with van der Waals surface area (Å²) in [6.45, 7) is 4.73. The lowest BCUT2D eigenvalue weighted by molar-refractivity contribution is -0.155. The quantitative estimate of drug-likeness (QED) is 0.892. The van der Waals surface area contributed by atoms with Gasteiger partial charge in [0.2, 0.25) is 0 Å². The molecule has 0 aliphatic carbocycles. The van der Waals surface area contributed by atoms with E-state index in [1.54, 1.807) is 6.20 Å². The Morgan fingerprint density at radius 3 is 2.94 bits per heavy atom. The third-order valence-electron chi connectivity index (χ3n) is 4.04. The van der Waals surface area contributed by atoms with Gasteiger partial charge in [0.05, 0.1) is 0 Å². The van der Waals surface area contributed by atoms with E-state index in [0.717, 1.165) is 24.9 Å². The van der Waals surface area contributed by atoms with Crippen LogP contribution in [-0.2, 0) is 4.79 Å². The van der Waals surface area contributed by atoms with Gasteiger partial charge < -0.3 is 5.11 Å². The van der Waals surface area contributed by atoms with E-state index in [1.807, 2.05) is 25.3 Å². The number of aromatic nitrogens is 1. The molecule has 1 aromatic heterocycles. The number of hydrogen-bond donors (Lipinski definition) is 1. The van der Waals surface area contributed by atoms with Gasteiger partial charge in [-0.25, -0.2) is 0 Å². The van der Waals surface area contributed by atoms with Gasteiger partial charge >= 0.3 is 5.97 Å². The van der Waals surface area contributed by atoms with Crippen molar-refractivity contribution in [3.63, 3.8) is 0 Å². The molecule has 18 heavy (non-hydrogen) atoms. The molecule has 1 aliphatic heterocycles. The molecule has 0 spiro atoms. The fourth-order valence-corrected chi connectivity index (χ4v) is 2.80. The normalized spacial score (nSPS) is 26.8. The van der Waals surface area contributed by atoms with Gasteiger partial charge in [0.25, 0.3) is 0 Å². The lowest BCUT2D eigenvalue weighted by Crippen LogP contribution is -2.55. The molecule has 0 aromatic carbocycles. The Morgan fingerprint density at radius 2 is 2.33 bits per heavy atom. The Bertz CT molecular complexity index is 421. The minimum atomic E-state index is -0.756. The molecule has 1 aliphatic rings. The molecule has 0 radical (unpaired) electrons. The van der Waals surface area contributed by atoms with Gasteiger partial charge in [-0.05, 0) is 51.3 Å². The van der Waals surface area contributed by atoms with E-state index in [-0.39, 0.29) is 6.04 Å². The highest BCUT2D eigenvalue weighted by atomic mass is 16.4. The summed E-state index contributed by atoms with van der Waals surface area (Å²) in [5, 5.41) is 9.51. The maximum Gasteiger partial charge on any atom is 0.323 e. The van der Waals surface area contributed by atoms with Gasteiger partial charge in [-0.3, -0.25) is 14.7 Å². The molecule has 2 atom stereocenters. The lowest BCUT2D eigenvalue weighted by atomic mass is 9.86. The summed E-state index contributed by atoms with van der Waals surface area (Å²) in [6, 6.07) is 3.99. The molecule has 1 N–H and O–H groups in total. The van der Waals surface area contributed by atoms with Crippen molar-refractivity contribution in [1.82, 2.24) is 9.88 Å². The summed E-state index contributed by atoms with van der Waals surface area (Å²) in [5.74, 6) is -0.724. The highest BCUT2D eigenvalue weighted by Crippen LogP contribution is 2.35. The minimum Gasteiger partial charge on any atom is -0.480 e. The van der Waals surface area contributed by atoms with Crippen molar-refractivity contribution in [3.8, 4) is 0 Å². The minimum absolute atomic E-state index is 0.0834. The number of piperidine rings is 1. The van der Waals surface area contributed by atoms with Crippen LogP contribution in [0.25, 0.3) is 0 Å². The molecular formula is C14H20N2O2. The molecular weight excluding hydrogens is 228 g/mol. The average molecular weight is 248 g/mol. The zero-order valence-corrected chi connectivity index (χ0v) is 11.0. The third-order valence-corrected chi connectivity index (χ3v) is 4.04. The Kier molecular flexibility index (Phi) is 3.66. The Hall–Kier alpha value is -1.42. The monoisotopic (exact) mass is 248 g/mol. The molecule has 1 fully saturated rings. The van der Waals surface area contributed by atoms with Gasteiger partial charge in [0, 0.05) is 18.4 Å². The first-order valence-corrected chi connectivity index (χ1v) is 6.46. The van der Waals surface area contributed by atoms with Gasteiger partial charge in [-0.1, -0.05) is 6.07 Å². The molecule has 0 bridgehead atoms. The first kappa shape index (κ1) is 13.0. The van der Waals surface area contributed by atoms with Gasteiger partial charge in [-0.2, -0.15) is 0 Å². The summed E-state index contributed by atoms with van der Waals surface area (Å²) in [6.07, 6.45) is 6.32. The summed E-state index contributed by atoms with van der Waals surface area (Å²) in [4.78, 5) is 17.8. The number of hydrogen-bond acceptors (Lipinski definition) is 3. The largest absolute Gasteiger partial charge is 0.480 e. The molecule has 2 rings (SSSR count). The van der Waals surface area contributed by atoms with Crippen LogP contribution < -0.4 is 0 Å². The smallest absolute Gasteiger partial charge is 0.323 e. The van der Waals surface area contributed by atoms with Crippen LogP contribution in [0.4, 0.5) is 0 Å². The van der Waals surface area contributed by atoms with Crippen LogP contribution >= 0.6 is 0 Å². The highest BCUT2D eigenvalue weighted by molar-refractivity contribution is 5.78. The molecule has 1 aromatic rings. The van der Waals surface area contributed by atoms with E-state index in [1.165, 1.54) is 0 Å². The van der Waals surface area contributed by atoms with Crippen molar-refractivity contribution in [3.05, 3.63) is 30.1 Å². The van der Waals surface area contributed by atoms with Crippen molar-refractivity contribution in [2.24, 2.45) is 0 Å². The van der Waals surface area contributed by atoms with Crippen molar-refractivity contribution in [2.45, 2.75) is 44.7 Å². The third kappa shape index (κ3) is 2.25. The Labute approximate surface area is 108 Å².